The molecule has 1 N–H and O–H groups in total. The number of rotatable bonds is 8. The van der Waals surface area contributed by atoms with Crippen LogP contribution >= 0.6 is 11.3 Å². The van der Waals surface area contributed by atoms with Gasteiger partial charge in [0, 0.05) is 35.0 Å². The van der Waals surface area contributed by atoms with Crippen LogP contribution in [0.25, 0.3) is 0 Å². The first kappa shape index (κ1) is 21.3. The van der Waals surface area contributed by atoms with Crippen LogP contribution in [0.1, 0.15) is 49.1 Å². The van der Waals surface area contributed by atoms with E-state index in [0.717, 1.165) is 42.3 Å². The lowest BCUT2D eigenvalue weighted by atomic mass is 10.1. The normalized spacial score (nSPS) is 16.0. The number of aryl methyl sites for hydroxylation is 2. The van der Waals surface area contributed by atoms with Crippen molar-refractivity contribution >= 4 is 29.0 Å². The maximum absolute atomic E-state index is 12.5. The van der Waals surface area contributed by atoms with Crippen LogP contribution in [0.4, 0.5) is 0 Å². The second-order valence-electron chi connectivity index (χ2n) is 7.21. The third kappa shape index (κ3) is 5.33. The minimum Gasteiger partial charge on any atom is -0.456 e. The molecule has 0 aromatic carbocycles. The van der Waals surface area contributed by atoms with Gasteiger partial charge in [0.1, 0.15) is 6.54 Å². The predicted molar refractivity (Wildman–Crippen MR) is 110 cm³/mol. The van der Waals surface area contributed by atoms with Crippen LogP contribution in [0.15, 0.2) is 18.2 Å². The molecule has 3 heterocycles. The zero-order valence-electron chi connectivity index (χ0n) is 16.9. The molecule has 1 saturated heterocycles. The van der Waals surface area contributed by atoms with E-state index < -0.39 is 5.97 Å². The molecule has 1 amide bonds. The van der Waals surface area contributed by atoms with Crippen LogP contribution in [-0.2, 0) is 20.8 Å². The summed E-state index contributed by atoms with van der Waals surface area (Å²) in [4.78, 5) is 37.9. The van der Waals surface area contributed by atoms with Crippen LogP contribution in [0, 0.1) is 20.8 Å². The number of hydrogen-bond donors (Lipinski definition) is 1. The maximum atomic E-state index is 12.5. The molecule has 1 aliphatic heterocycles. The van der Waals surface area contributed by atoms with Crippen molar-refractivity contribution < 1.29 is 23.9 Å². The van der Waals surface area contributed by atoms with E-state index in [1.54, 1.807) is 6.07 Å². The molecule has 1 unspecified atom stereocenters. The first-order chi connectivity index (χ1) is 13.8. The number of ketones is 1. The maximum Gasteiger partial charge on any atom is 0.325 e. The van der Waals surface area contributed by atoms with E-state index in [1.165, 1.54) is 11.3 Å². The first-order valence-electron chi connectivity index (χ1n) is 9.67. The lowest BCUT2D eigenvalue weighted by molar-refractivity contribution is -0.141. The molecule has 0 spiro atoms. The summed E-state index contributed by atoms with van der Waals surface area (Å²) < 4.78 is 12.8. The Balaban J connectivity index is 1.49. The largest absolute Gasteiger partial charge is 0.456 e. The molecular formula is C21H26N2O5S. The Morgan fingerprint density at radius 3 is 2.72 bits per heavy atom. The summed E-state index contributed by atoms with van der Waals surface area (Å²) in [6, 6.07) is 5.36. The minimum atomic E-state index is -0.645. The van der Waals surface area contributed by atoms with Crippen LogP contribution in [0.3, 0.4) is 0 Å². The number of hydrogen-bond acceptors (Lipinski definition) is 6. The lowest BCUT2D eigenvalue weighted by Gasteiger charge is -2.14. The third-order valence-electron chi connectivity index (χ3n) is 5.01. The van der Waals surface area contributed by atoms with E-state index in [1.807, 2.05) is 32.9 Å². The second kappa shape index (κ2) is 9.37. The van der Waals surface area contributed by atoms with E-state index in [-0.39, 0.29) is 30.9 Å². The topological polar surface area (TPSA) is 86.6 Å². The van der Waals surface area contributed by atoms with E-state index in [4.69, 9.17) is 9.47 Å². The quantitative estimate of drug-likeness (QED) is 0.526. The van der Waals surface area contributed by atoms with Gasteiger partial charge in [0.15, 0.2) is 6.61 Å². The molecule has 8 heteroatoms. The lowest BCUT2D eigenvalue weighted by Crippen LogP contribution is -2.31. The van der Waals surface area contributed by atoms with Gasteiger partial charge in [0.2, 0.25) is 5.78 Å². The molecule has 1 fully saturated rings. The van der Waals surface area contributed by atoms with Gasteiger partial charge in [-0.1, -0.05) is 0 Å². The number of carbonyl (C=O) groups excluding carboxylic acids is 3. The fraction of sp³-hybridized carbons (Fsp3) is 0.476. The van der Waals surface area contributed by atoms with Gasteiger partial charge >= 0.3 is 5.97 Å². The molecule has 2 aromatic rings. The van der Waals surface area contributed by atoms with Crippen molar-refractivity contribution in [2.45, 2.75) is 46.3 Å². The number of esters is 1. The number of nitrogens with one attached hydrogen (secondary N) is 1. The Kier molecular flexibility index (Phi) is 6.87. The average Bonchev–Trinajstić information content (AvgIpc) is 3.42. The first-order valence-corrected chi connectivity index (χ1v) is 10.5. The van der Waals surface area contributed by atoms with Crippen LogP contribution in [0.2, 0.25) is 0 Å². The monoisotopic (exact) mass is 418 g/mol. The number of ether oxygens (including phenoxy) is 2. The molecule has 156 valence electrons. The number of amides is 1. The summed E-state index contributed by atoms with van der Waals surface area (Å²) in [6.07, 6.45) is 2.26. The highest BCUT2D eigenvalue weighted by molar-refractivity contribution is 7.13. The third-order valence-corrected chi connectivity index (χ3v) is 6.01. The molecule has 7 nitrogen and oxygen atoms in total. The molecular weight excluding hydrogens is 392 g/mol. The highest BCUT2D eigenvalue weighted by atomic mass is 32.1. The van der Waals surface area contributed by atoms with E-state index in [0.29, 0.717) is 10.4 Å². The molecule has 1 aliphatic rings. The molecule has 29 heavy (non-hydrogen) atoms. The number of carbonyl (C=O) groups is 3. The van der Waals surface area contributed by atoms with E-state index >= 15 is 0 Å². The molecule has 1 atom stereocenters. The Morgan fingerprint density at radius 1 is 1.28 bits per heavy atom. The smallest absolute Gasteiger partial charge is 0.325 e. The highest BCUT2D eigenvalue weighted by Gasteiger charge is 2.21. The van der Waals surface area contributed by atoms with Gasteiger partial charge in [-0.15, -0.1) is 11.3 Å². The van der Waals surface area contributed by atoms with Gasteiger partial charge in [0.05, 0.1) is 11.0 Å². The second-order valence-corrected chi connectivity index (χ2v) is 8.50. The SMILES string of the molecule is Cc1ccc(C(=O)NCC(=O)OCC(=O)c2cc(C)n(CC3CCCO3)c2C)s1. The van der Waals surface area contributed by atoms with Crippen LogP contribution < -0.4 is 5.32 Å². The van der Waals surface area contributed by atoms with Crippen molar-refractivity contribution in [3.05, 3.63) is 44.9 Å². The summed E-state index contributed by atoms with van der Waals surface area (Å²) in [5.74, 6) is -1.23. The van der Waals surface area contributed by atoms with E-state index in [9.17, 15) is 14.4 Å². The van der Waals surface area contributed by atoms with Gasteiger partial charge in [-0.05, 0) is 51.8 Å². The zero-order chi connectivity index (χ0) is 21.0. The Hall–Kier alpha value is -2.45. The molecule has 0 radical (unpaired) electrons. The van der Waals surface area contributed by atoms with Crippen molar-refractivity contribution in [3.63, 3.8) is 0 Å². The number of aromatic nitrogens is 1. The summed E-state index contributed by atoms with van der Waals surface area (Å²) in [5.41, 5.74) is 2.37. The van der Waals surface area contributed by atoms with Gasteiger partial charge in [-0.25, -0.2) is 0 Å². The highest BCUT2D eigenvalue weighted by Crippen LogP contribution is 2.21. The standard InChI is InChI=1S/C21H26N2O5S/c1-13-9-17(15(3)23(13)11-16-5-4-8-27-16)18(24)12-28-20(25)10-22-21(26)19-7-6-14(2)29-19/h6-7,9,16H,4-5,8,10-12H2,1-3H3,(H,22,26). The summed E-state index contributed by atoms with van der Waals surface area (Å²) in [7, 11) is 0. The van der Waals surface area contributed by atoms with Crippen molar-refractivity contribution in [2.75, 3.05) is 19.8 Å². The number of nitrogens with zero attached hydrogens (tertiary/aromatic N) is 1. The Morgan fingerprint density at radius 2 is 2.07 bits per heavy atom. The number of Topliss-reactive ketones (excluding diaryl/α,β-unsaturated/α-hetero) is 1. The molecule has 2 aromatic heterocycles. The Labute approximate surface area is 174 Å². The average molecular weight is 419 g/mol. The van der Waals surface area contributed by atoms with Gasteiger partial charge in [-0.3, -0.25) is 14.4 Å². The molecule has 0 bridgehead atoms. The van der Waals surface area contributed by atoms with Crippen LogP contribution in [-0.4, -0.2) is 48.1 Å². The predicted octanol–water partition coefficient (Wildman–Crippen LogP) is 2.81. The molecule has 0 aliphatic carbocycles. The van der Waals surface area contributed by atoms with E-state index in [2.05, 4.69) is 9.88 Å². The summed E-state index contributed by atoms with van der Waals surface area (Å²) in [5, 5.41) is 2.51. The van der Waals surface area contributed by atoms with Gasteiger partial charge < -0.3 is 19.4 Å². The molecule has 3 rings (SSSR count). The summed E-state index contributed by atoms with van der Waals surface area (Å²) in [6.45, 7) is 6.62. The van der Waals surface area contributed by atoms with Crippen molar-refractivity contribution in [1.29, 1.82) is 0 Å². The number of thiophene rings is 1. The minimum absolute atomic E-state index is 0.177. The van der Waals surface area contributed by atoms with Crippen molar-refractivity contribution in [1.82, 2.24) is 9.88 Å². The molecule has 0 saturated carbocycles. The fourth-order valence-electron chi connectivity index (χ4n) is 3.43. The zero-order valence-corrected chi connectivity index (χ0v) is 17.8. The van der Waals surface area contributed by atoms with Crippen LogP contribution in [0.5, 0.6) is 0 Å². The summed E-state index contributed by atoms with van der Waals surface area (Å²) >= 11 is 1.35. The van der Waals surface area contributed by atoms with Crippen molar-refractivity contribution in [2.24, 2.45) is 0 Å². The Bertz CT molecular complexity index is 908. The van der Waals surface area contributed by atoms with Crippen molar-refractivity contribution in [3.8, 4) is 0 Å². The van der Waals surface area contributed by atoms with Gasteiger partial charge in [-0.2, -0.15) is 0 Å². The fourth-order valence-corrected chi connectivity index (χ4v) is 4.21. The van der Waals surface area contributed by atoms with Gasteiger partial charge in [0.25, 0.3) is 5.91 Å².